The highest BCUT2D eigenvalue weighted by molar-refractivity contribution is 5.18. The van der Waals surface area contributed by atoms with Gasteiger partial charge in [-0.2, -0.15) is 0 Å². The number of hydrogen-bond acceptors (Lipinski definition) is 15. The van der Waals surface area contributed by atoms with E-state index in [0.29, 0.717) is 0 Å². The lowest BCUT2D eigenvalue weighted by atomic mass is 9.84. The molecule has 1 aliphatic carbocycles. The first kappa shape index (κ1) is 49.1. The van der Waals surface area contributed by atoms with Crippen LogP contribution in [0.25, 0.3) is 41.8 Å². The molecule has 23 nitrogen and oxygen atoms in total. The molecule has 4 aliphatic rings. The molecule has 4 aromatic carbocycles. The molecule has 4 fully saturated rings. The molecule has 69 heavy (non-hydrogen) atoms. The minimum atomic E-state index is -1.79. The van der Waals surface area contributed by atoms with Gasteiger partial charge in [0.15, 0.2) is 18.9 Å². The van der Waals surface area contributed by atoms with E-state index in [1.165, 1.54) is 0 Å². The number of rotatable bonds is 19. The number of azide groups is 4. The van der Waals surface area contributed by atoms with Crippen LogP contribution in [0.4, 0.5) is 0 Å². The van der Waals surface area contributed by atoms with Crippen molar-refractivity contribution >= 4 is 0 Å². The molecule has 23 heteroatoms. The van der Waals surface area contributed by atoms with E-state index in [2.05, 4.69) is 40.1 Å². The summed E-state index contributed by atoms with van der Waals surface area (Å²) in [7, 11) is 0. The third kappa shape index (κ3) is 12.1. The lowest BCUT2D eigenvalue weighted by Gasteiger charge is -2.50. The van der Waals surface area contributed by atoms with Gasteiger partial charge in [0.25, 0.3) is 0 Å². The first-order valence-electron chi connectivity index (χ1n) is 22.3. The van der Waals surface area contributed by atoms with Crippen molar-refractivity contribution in [3.8, 4) is 0 Å². The normalized spacial score (nSPS) is 33.0. The van der Waals surface area contributed by atoms with E-state index in [-0.39, 0.29) is 39.4 Å². The van der Waals surface area contributed by atoms with Gasteiger partial charge < -0.3 is 52.8 Å². The molecule has 0 spiro atoms. The maximum Gasteiger partial charge on any atom is 0.186 e. The third-order valence-electron chi connectivity index (χ3n) is 12.3. The fourth-order valence-electron chi connectivity index (χ4n) is 8.96. The van der Waals surface area contributed by atoms with Crippen LogP contribution in [0.3, 0.4) is 0 Å². The van der Waals surface area contributed by atoms with E-state index in [4.69, 9.17) is 42.6 Å². The van der Waals surface area contributed by atoms with Crippen molar-refractivity contribution in [2.75, 3.05) is 13.2 Å². The molecule has 0 aromatic heterocycles. The van der Waals surface area contributed by atoms with Crippen LogP contribution in [-0.2, 0) is 62.5 Å². The molecule has 0 radical (unpaired) electrons. The highest BCUT2D eigenvalue weighted by Crippen LogP contribution is 2.40. The van der Waals surface area contributed by atoms with Crippen molar-refractivity contribution in [3.05, 3.63) is 185 Å². The Morgan fingerprint density at radius 1 is 0.536 bits per heavy atom. The number of benzene rings is 4. The summed E-state index contributed by atoms with van der Waals surface area (Å²) in [5.74, 6) is 0. The second-order valence-corrected chi connectivity index (χ2v) is 16.6. The Balaban J connectivity index is 1.09. The molecule has 0 amide bonds. The Morgan fingerprint density at radius 2 is 1.04 bits per heavy atom. The summed E-state index contributed by atoms with van der Waals surface area (Å²) in [4.78, 5) is 12.1. The summed E-state index contributed by atoms with van der Waals surface area (Å²) in [6.07, 6.45) is -16.7. The molecule has 0 bridgehead atoms. The van der Waals surface area contributed by atoms with Gasteiger partial charge in [0.2, 0.25) is 0 Å². The van der Waals surface area contributed by atoms with Crippen LogP contribution in [0.5, 0.6) is 0 Å². The minimum absolute atomic E-state index is 0.0113. The minimum Gasteiger partial charge on any atom is -0.388 e. The zero-order chi connectivity index (χ0) is 48.0. The van der Waals surface area contributed by atoms with Crippen molar-refractivity contribution < 1.29 is 52.8 Å². The van der Waals surface area contributed by atoms with Crippen LogP contribution >= 0.6 is 0 Å². The molecule has 8 rings (SSSR count). The SMILES string of the molecule is [N-]=[N+]=NC[C@H]1O[C@H](O[C@H]2[C@H](O)[C@@H](O[C@H]3O[C@@H]4CO[C@H](c5ccccc5)O[C@H]4[C@H](N=[N+]=[N-])[C@H]3OCc3ccccc3)[C@H](N=[N+]=[N-])C[C@@H]2N=[N+]=[N-])[C@H](O)[C@@H](OCc2ccccc2)[C@@H]1OCc1ccccc1. The van der Waals surface area contributed by atoms with E-state index < -0.39 is 98.0 Å². The number of hydrogen-bond donors (Lipinski definition) is 2. The first-order valence-corrected chi connectivity index (χ1v) is 22.3. The number of ether oxygens (including phenoxy) is 9. The number of aliphatic hydroxyl groups is 2. The average Bonchev–Trinajstić information content (AvgIpc) is 3.38. The van der Waals surface area contributed by atoms with Crippen LogP contribution in [0, 0.1) is 0 Å². The van der Waals surface area contributed by atoms with E-state index in [9.17, 15) is 32.3 Å². The summed E-state index contributed by atoms with van der Waals surface area (Å²) in [6.45, 7) is -0.177. The fourth-order valence-corrected chi connectivity index (χ4v) is 8.96. The molecule has 3 aliphatic heterocycles. The van der Waals surface area contributed by atoms with Gasteiger partial charge in [-0.25, -0.2) is 0 Å². The van der Waals surface area contributed by atoms with Gasteiger partial charge in [0, 0.05) is 25.2 Å². The van der Waals surface area contributed by atoms with E-state index >= 15 is 0 Å². The monoisotopic (exact) mass is 946 g/mol. The van der Waals surface area contributed by atoms with Gasteiger partial charge in [-0.05, 0) is 45.2 Å². The summed E-state index contributed by atoms with van der Waals surface area (Å²) < 4.78 is 57.6. The van der Waals surface area contributed by atoms with Crippen molar-refractivity contribution in [1.82, 2.24) is 0 Å². The maximum atomic E-state index is 12.4. The van der Waals surface area contributed by atoms with Crippen LogP contribution in [0.1, 0.15) is 35.0 Å². The van der Waals surface area contributed by atoms with Crippen LogP contribution in [0.15, 0.2) is 142 Å². The Morgan fingerprint density at radius 3 is 1.58 bits per heavy atom. The molecule has 0 unspecified atom stereocenters. The van der Waals surface area contributed by atoms with Gasteiger partial charge in [-0.15, -0.1) is 0 Å². The van der Waals surface area contributed by atoms with Gasteiger partial charge in [0.1, 0.15) is 42.7 Å². The largest absolute Gasteiger partial charge is 0.388 e. The van der Waals surface area contributed by atoms with Crippen molar-refractivity contribution in [3.63, 3.8) is 0 Å². The van der Waals surface area contributed by atoms with Crippen LogP contribution in [-0.4, -0.2) is 115 Å². The molecule has 360 valence electrons. The molecule has 1 saturated carbocycles. The van der Waals surface area contributed by atoms with Gasteiger partial charge in [0.05, 0.1) is 69.4 Å². The Bertz CT molecular complexity index is 2450. The average molecular weight is 947 g/mol. The van der Waals surface area contributed by atoms with Gasteiger partial charge >= 0.3 is 0 Å². The topological polar surface area (TPSA) is 319 Å². The number of fused-ring (bicyclic) bond motifs is 1. The summed E-state index contributed by atoms with van der Waals surface area (Å²) >= 11 is 0. The molecule has 3 saturated heterocycles. The zero-order valence-electron chi connectivity index (χ0n) is 37.0. The van der Waals surface area contributed by atoms with Crippen molar-refractivity contribution in [2.45, 2.75) is 124 Å². The Hall–Kier alpha value is -6.32. The lowest BCUT2D eigenvalue weighted by Crippen LogP contribution is -2.66. The molecule has 4 aromatic rings. The fraction of sp³-hybridized carbons (Fsp3) is 0.478. The van der Waals surface area contributed by atoms with Crippen molar-refractivity contribution in [2.24, 2.45) is 20.5 Å². The molecular weight excluding hydrogens is 897 g/mol. The molecule has 3 heterocycles. The summed E-state index contributed by atoms with van der Waals surface area (Å²) in [6, 6.07) is 33.4. The molecule has 16 atom stereocenters. The smallest absolute Gasteiger partial charge is 0.186 e. The standard InChI is InChI=1S/C46H50N12O11/c47-55-51-22-33-41(61-23-27-13-5-1-6-14-27)43(63-25-29-17-9-3-10-18-29)37(60)45(65-33)67-38-31(52-56-48)21-32(53-57-49)39(36(38)59)68-46-42(62-24-28-15-7-2-8-16-28)35(54-58-50)40-34(66-46)26-64-44(69-40)30-19-11-4-12-20-30/h1-20,31-46,59-60H,21-26H2/t31-,32+,33+,34+,35-,36-,37+,38+,39-,40+,41+,42+,43+,44-,45+,46+/m0/s1. The van der Waals surface area contributed by atoms with Gasteiger partial charge in [-0.1, -0.05) is 142 Å². The predicted molar refractivity (Wildman–Crippen MR) is 242 cm³/mol. The Labute approximate surface area is 395 Å². The van der Waals surface area contributed by atoms with Gasteiger partial charge in [-0.3, -0.25) is 0 Å². The van der Waals surface area contributed by atoms with Crippen LogP contribution < -0.4 is 0 Å². The third-order valence-corrected chi connectivity index (χ3v) is 12.3. The Kier molecular flexibility index (Phi) is 17.3. The predicted octanol–water partition coefficient (Wildman–Crippen LogP) is 7.55. The van der Waals surface area contributed by atoms with Crippen LogP contribution in [0.2, 0.25) is 0 Å². The highest BCUT2D eigenvalue weighted by atomic mass is 16.8. The van der Waals surface area contributed by atoms with E-state index in [0.717, 1.165) is 22.3 Å². The molecule has 2 N–H and O–H groups in total. The quantitative estimate of drug-likeness (QED) is 0.0525. The highest BCUT2D eigenvalue weighted by Gasteiger charge is 2.55. The van der Waals surface area contributed by atoms with Crippen molar-refractivity contribution in [1.29, 1.82) is 0 Å². The summed E-state index contributed by atoms with van der Waals surface area (Å²) in [5, 5.41) is 40.3. The number of nitrogens with zero attached hydrogens (tertiary/aromatic N) is 12. The second-order valence-electron chi connectivity index (χ2n) is 16.6. The molecular formula is C46H50N12O11. The first-order chi connectivity index (χ1) is 33.9. The summed E-state index contributed by atoms with van der Waals surface area (Å²) in [5.41, 5.74) is 42.0. The lowest BCUT2D eigenvalue weighted by molar-refractivity contribution is -0.363. The zero-order valence-corrected chi connectivity index (χ0v) is 37.0. The van der Waals surface area contributed by atoms with E-state index in [1.54, 1.807) is 0 Å². The van der Waals surface area contributed by atoms with E-state index in [1.807, 2.05) is 121 Å². The maximum absolute atomic E-state index is 12.4. The number of aliphatic hydroxyl groups excluding tert-OH is 2. The second kappa shape index (κ2) is 24.3.